The molecule has 78 valence electrons. The van der Waals surface area contributed by atoms with E-state index in [-0.39, 0.29) is 5.91 Å². The summed E-state index contributed by atoms with van der Waals surface area (Å²) in [6, 6.07) is 7.27. The van der Waals surface area contributed by atoms with Gasteiger partial charge in [0.2, 0.25) is 5.91 Å². The van der Waals surface area contributed by atoms with Crippen LogP contribution >= 0.6 is 0 Å². The van der Waals surface area contributed by atoms with Crippen LogP contribution < -0.4 is 10.1 Å². The first-order valence-corrected chi connectivity index (χ1v) is 4.63. The van der Waals surface area contributed by atoms with E-state index in [1.165, 1.54) is 6.92 Å². The average molecular weight is 203 g/mol. The first-order chi connectivity index (χ1) is 7.24. The van der Waals surface area contributed by atoms with Crippen LogP contribution in [-0.4, -0.2) is 12.5 Å². The van der Waals surface area contributed by atoms with E-state index in [0.29, 0.717) is 18.0 Å². The molecule has 0 heterocycles. The second-order valence-electron chi connectivity index (χ2n) is 2.89. The topological polar surface area (TPSA) is 38.3 Å². The standard InChI is InChI=1S/C12H13NO2/c1-3-4-9-15-12-8-6-5-7-11(12)13-10(2)14/h5-8H,9H2,1-2H3,(H,13,14). The minimum absolute atomic E-state index is 0.118. The van der Waals surface area contributed by atoms with Gasteiger partial charge in [-0.2, -0.15) is 0 Å². The van der Waals surface area contributed by atoms with E-state index in [2.05, 4.69) is 17.2 Å². The van der Waals surface area contributed by atoms with Crippen molar-refractivity contribution >= 4 is 11.6 Å². The molecule has 1 rings (SSSR count). The van der Waals surface area contributed by atoms with Gasteiger partial charge in [0.15, 0.2) is 0 Å². The Bertz CT molecular complexity index is 402. The molecule has 0 atom stereocenters. The second-order valence-corrected chi connectivity index (χ2v) is 2.89. The molecule has 0 radical (unpaired) electrons. The van der Waals surface area contributed by atoms with Gasteiger partial charge >= 0.3 is 0 Å². The Labute approximate surface area is 89.4 Å². The van der Waals surface area contributed by atoms with Crippen molar-refractivity contribution in [1.82, 2.24) is 0 Å². The zero-order valence-electron chi connectivity index (χ0n) is 8.83. The number of benzene rings is 1. The molecule has 0 unspecified atom stereocenters. The summed E-state index contributed by atoms with van der Waals surface area (Å²) in [4.78, 5) is 10.9. The molecule has 0 aliphatic carbocycles. The Morgan fingerprint density at radius 3 is 2.87 bits per heavy atom. The molecule has 1 aromatic rings. The number of amides is 1. The molecule has 1 aromatic carbocycles. The molecule has 0 fully saturated rings. The van der Waals surface area contributed by atoms with Crippen molar-refractivity contribution in [2.75, 3.05) is 11.9 Å². The third kappa shape index (κ3) is 3.74. The van der Waals surface area contributed by atoms with Gasteiger partial charge in [0.25, 0.3) is 0 Å². The fourth-order valence-electron chi connectivity index (χ4n) is 1.07. The minimum Gasteiger partial charge on any atom is -0.479 e. The monoisotopic (exact) mass is 203 g/mol. The molecule has 15 heavy (non-hydrogen) atoms. The van der Waals surface area contributed by atoms with Gasteiger partial charge in [-0.3, -0.25) is 4.79 Å². The fraction of sp³-hybridized carbons (Fsp3) is 0.250. The quantitative estimate of drug-likeness (QED) is 0.763. The van der Waals surface area contributed by atoms with Gasteiger partial charge in [0.05, 0.1) is 5.69 Å². The van der Waals surface area contributed by atoms with Gasteiger partial charge in [-0.15, -0.1) is 5.92 Å². The summed E-state index contributed by atoms with van der Waals surface area (Å²) in [5.41, 5.74) is 0.669. The number of rotatable bonds is 3. The lowest BCUT2D eigenvalue weighted by molar-refractivity contribution is -0.114. The Morgan fingerprint density at radius 2 is 2.20 bits per heavy atom. The van der Waals surface area contributed by atoms with Gasteiger partial charge in [-0.25, -0.2) is 0 Å². The summed E-state index contributed by atoms with van der Waals surface area (Å²) in [5.74, 6) is 6.04. The van der Waals surface area contributed by atoms with Crippen molar-refractivity contribution in [3.63, 3.8) is 0 Å². The summed E-state index contributed by atoms with van der Waals surface area (Å²) in [7, 11) is 0. The summed E-state index contributed by atoms with van der Waals surface area (Å²) in [6.07, 6.45) is 0. The van der Waals surface area contributed by atoms with Crippen molar-refractivity contribution in [2.24, 2.45) is 0 Å². The zero-order chi connectivity index (χ0) is 11.1. The highest BCUT2D eigenvalue weighted by atomic mass is 16.5. The molecule has 0 saturated carbocycles. The Morgan fingerprint density at radius 1 is 1.47 bits per heavy atom. The van der Waals surface area contributed by atoms with Gasteiger partial charge in [-0.05, 0) is 19.1 Å². The summed E-state index contributed by atoms with van der Waals surface area (Å²) in [5, 5.41) is 2.69. The van der Waals surface area contributed by atoms with Gasteiger partial charge in [0.1, 0.15) is 12.4 Å². The number of anilines is 1. The molecular formula is C12H13NO2. The Kier molecular flexibility index (Phi) is 4.24. The highest BCUT2D eigenvalue weighted by molar-refractivity contribution is 5.90. The fourth-order valence-corrected chi connectivity index (χ4v) is 1.07. The average Bonchev–Trinajstić information content (AvgIpc) is 2.20. The van der Waals surface area contributed by atoms with Gasteiger partial charge in [0, 0.05) is 6.92 Å². The summed E-state index contributed by atoms with van der Waals surface area (Å²) in [6.45, 7) is 3.54. The van der Waals surface area contributed by atoms with Crippen LogP contribution in [0.5, 0.6) is 5.75 Å². The highest BCUT2D eigenvalue weighted by Crippen LogP contribution is 2.23. The lowest BCUT2D eigenvalue weighted by Crippen LogP contribution is -2.07. The Balaban J connectivity index is 2.75. The molecule has 3 nitrogen and oxygen atoms in total. The molecule has 1 amide bonds. The lowest BCUT2D eigenvalue weighted by atomic mass is 10.3. The van der Waals surface area contributed by atoms with Crippen LogP contribution in [0.4, 0.5) is 5.69 Å². The van der Waals surface area contributed by atoms with E-state index < -0.39 is 0 Å². The van der Waals surface area contributed by atoms with E-state index in [1.807, 2.05) is 12.1 Å². The number of nitrogens with one attached hydrogen (secondary N) is 1. The van der Waals surface area contributed by atoms with Crippen molar-refractivity contribution in [1.29, 1.82) is 0 Å². The zero-order valence-corrected chi connectivity index (χ0v) is 8.83. The van der Waals surface area contributed by atoms with E-state index in [0.717, 1.165) is 0 Å². The lowest BCUT2D eigenvalue weighted by Gasteiger charge is -2.08. The second kappa shape index (κ2) is 5.71. The number of para-hydroxylation sites is 2. The van der Waals surface area contributed by atoms with E-state index >= 15 is 0 Å². The molecule has 0 spiro atoms. The minimum atomic E-state index is -0.118. The number of hydrogen-bond donors (Lipinski definition) is 1. The van der Waals surface area contributed by atoms with Crippen molar-refractivity contribution < 1.29 is 9.53 Å². The van der Waals surface area contributed by atoms with E-state index in [4.69, 9.17) is 4.74 Å². The first kappa shape index (κ1) is 11.1. The molecule has 3 heteroatoms. The van der Waals surface area contributed by atoms with Crippen molar-refractivity contribution in [3.8, 4) is 17.6 Å². The highest BCUT2D eigenvalue weighted by Gasteiger charge is 2.02. The van der Waals surface area contributed by atoms with Gasteiger partial charge in [-0.1, -0.05) is 18.1 Å². The third-order valence-electron chi connectivity index (χ3n) is 1.67. The third-order valence-corrected chi connectivity index (χ3v) is 1.67. The summed E-state index contributed by atoms with van der Waals surface area (Å²) < 4.78 is 5.39. The van der Waals surface area contributed by atoms with Crippen LogP contribution in [0.3, 0.4) is 0 Å². The van der Waals surface area contributed by atoms with Crippen molar-refractivity contribution in [3.05, 3.63) is 24.3 Å². The van der Waals surface area contributed by atoms with Crippen LogP contribution in [-0.2, 0) is 4.79 Å². The maximum absolute atomic E-state index is 10.9. The van der Waals surface area contributed by atoms with Crippen LogP contribution in [0.25, 0.3) is 0 Å². The number of ether oxygens (including phenoxy) is 1. The molecular weight excluding hydrogens is 190 g/mol. The van der Waals surface area contributed by atoms with Crippen LogP contribution in [0.15, 0.2) is 24.3 Å². The van der Waals surface area contributed by atoms with Crippen LogP contribution in [0.2, 0.25) is 0 Å². The maximum Gasteiger partial charge on any atom is 0.221 e. The maximum atomic E-state index is 10.9. The number of carbonyl (C=O) groups excluding carboxylic acids is 1. The van der Waals surface area contributed by atoms with Crippen LogP contribution in [0.1, 0.15) is 13.8 Å². The molecule has 0 aliphatic rings. The molecule has 0 bridgehead atoms. The molecule has 0 aromatic heterocycles. The normalized spacial score (nSPS) is 8.67. The molecule has 0 saturated heterocycles. The van der Waals surface area contributed by atoms with Crippen molar-refractivity contribution in [2.45, 2.75) is 13.8 Å². The van der Waals surface area contributed by atoms with E-state index in [1.54, 1.807) is 19.1 Å². The van der Waals surface area contributed by atoms with Gasteiger partial charge < -0.3 is 10.1 Å². The number of carbonyl (C=O) groups is 1. The largest absolute Gasteiger partial charge is 0.479 e. The predicted octanol–water partition coefficient (Wildman–Crippen LogP) is 2.05. The smallest absolute Gasteiger partial charge is 0.221 e. The predicted molar refractivity (Wildman–Crippen MR) is 59.7 cm³/mol. The molecule has 1 N–H and O–H groups in total. The Hall–Kier alpha value is -1.95. The number of hydrogen-bond acceptors (Lipinski definition) is 2. The summed E-state index contributed by atoms with van der Waals surface area (Å²) >= 11 is 0. The van der Waals surface area contributed by atoms with Crippen LogP contribution in [0, 0.1) is 11.8 Å². The van der Waals surface area contributed by atoms with E-state index in [9.17, 15) is 4.79 Å². The SMILES string of the molecule is CC#CCOc1ccccc1NC(C)=O. The molecule has 0 aliphatic heterocycles. The first-order valence-electron chi connectivity index (χ1n) is 4.63.